The normalized spacial score (nSPS) is 23.1. The Morgan fingerprint density at radius 3 is 1.74 bits per heavy atom. The Labute approximate surface area is 289 Å². The van der Waals surface area contributed by atoms with E-state index in [1.807, 2.05) is 0 Å². The minimum absolute atomic E-state index is 0.0794. The average molecular weight is 710 g/mol. The topological polar surface area (TPSA) is 135 Å². The lowest BCUT2D eigenvalue weighted by molar-refractivity contribution is -0.0371. The van der Waals surface area contributed by atoms with E-state index in [0.717, 1.165) is 57.1 Å². The maximum atomic E-state index is 8.65. The molecule has 15 heteroatoms. The highest BCUT2D eigenvalue weighted by molar-refractivity contribution is 6.35. The summed E-state index contributed by atoms with van der Waals surface area (Å²) in [5, 5.41) is 19.5. The van der Waals surface area contributed by atoms with Crippen molar-refractivity contribution in [2.75, 3.05) is 26.4 Å². The third-order valence-corrected chi connectivity index (χ3v) is 10.3. The zero-order valence-electron chi connectivity index (χ0n) is 27.0. The van der Waals surface area contributed by atoms with Gasteiger partial charge in [-0.3, -0.25) is 0 Å². The van der Waals surface area contributed by atoms with Gasteiger partial charge in [-0.2, -0.15) is 25.1 Å². The van der Waals surface area contributed by atoms with Crippen molar-refractivity contribution in [3.8, 4) is 5.88 Å². The van der Waals surface area contributed by atoms with Crippen LogP contribution in [0.25, 0.3) is 22.1 Å². The van der Waals surface area contributed by atoms with Crippen LogP contribution in [0.3, 0.4) is 0 Å². The van der Waals surface area contributed by atoms with Crippen LogP contribution in [-0.2, 0) is 9.47 Å². The van der Waals surface area contributed by atoms with Crippen molar-refractivity contribution in [1.82, 2.24) is 39.5 Å². The van der Waals surface area contributed by atoms with E-state index < -0.39 is 0 Å². The first kappa shape index (κ1) is 34.5. The van der Waals surface area contributed by atoms with Crippen LogP contribution in [0.4, 0.5) is 0 Å². The minimum Gasteiger partial charge on any atom is -0.476 e. The average Bonchev–Trinajstić information content (AvgIpc) is 3.68. The van der Waals surface area contributed by atoms with E-state index in [4.69, 9.17) is 54.1 Å². The van der Waals surface area contributed by atoms with Gasteiger partial charge < -0.3 is 19.3 Å². The number of aromatic nitrogens is 8. The SMILES string of the molecule is CC1(CO)CCC1.CC1(COc2nc(Cl)nc3c2cnn3C2CCCCO2)CCC1.Clc1nc(Cl)c2cnn(C3CCCCO3)c2n1. The molecule has 2 aliphatic heterocycles. The van der Waals surface area contributed by atoms with Crippen LogP contribution in [0.5, 0.6) is 5.88 Å². The van der Waals surface area contributed by atoms with Crippen LogP contribution in [0.15, 0.2) is 12.4 Å². The highest BCUT2D eigenvalue weighted by Crippen LogP contribution is 2.41. The molecule has 0 radical (unpaired) electrons. The molecule has 47 heavy (non-hydrogen) atoms. The Hall–Kier alpha value is -2.35. The van der Waals surface area contributed by atoms with Gasteiger partial charge in [0.05, 0.1) is 24.4 Å². The molecular weight excluding hydrogens is 667 g/mol. The van der Waals surface area contributed by atoms with Gasteiger partial charge in [0.2, 0.25) is 16.4 Å². The summed E-state index contributed by atoms with van der Waals surface area (Å²) >= 11 is 17.9. The van der Waals surface area contributed by atoms with Crippen molar-refractivity contribution in [2.45, 2.75) is 103 Å². The first-order chi connectivity index (χ1) is 22.7. The Balaban J connectivity index is 0.000000141. The van der Waals surface area contributed by atoms with Gasteiger partial charge in [0.15, 0.2) is 23.8 Å². The van der Waals surface area contributed by atoms with Crippen molar-refractivity contribution in [3.05, 3.63) is 28.1 Å². The first-order valence-electron chi connectivity index (χ1n) is 16.6. The molecule has 4 aromatic heterocycles. The molecule has 4 fully saturated rings. The minimum atomic E-state index is -0.0803. The monoisotopic (exact) mass is 708 g/mol. The zero-order chi connectivity index (χ0) is 33.0. The van der Waals surface area contributed by atoms with Gasteiger partial charge in [0.1, 0.15) is 10.5 Å². The number of fused-ring (bicyclic) bond motifs is 2. The fraction of sp³-hybridized carbons (Fsp3) is 0.688. The van der Waals surface area contributed by atoms with Gasteiger partial charge in [-0.15, -0.1) is 0 Å². The maximum absolute atomic E-state index is 8.65. The molecule has 8 rings (SSSR count). The van der Waals surface area contributed by atoms with E-state index in [9.17, 15) is 0 Å². The Bertz CT molecular complexity index is 1640. The second-order valence-corrected chi connectivity index (χ2v) is 14.7. The van der Waals surface area contributed by atoms with E-state index in [2.05, 4.69) is 44.0 Å². The molecule has 256 valence electrons. The molecule has 0 aromatic carbocycles. The molecular formula is C32H43Cl3N8O4. The van der Waals surface area contributed by atoms with Crippen LogP contribution in [0.2, 0.25) is 15.7 Å². The summed E-state index contributed by atoms with van der Waals surface area (Å²) in [7, 11) is 0. The highest BCUT2D eigenvalue weighted by Gasteiger charge is 2.33. The van der Waals surface area contributed by atoms with Gasteiger partial charge in [-0.1, -0.05) is 38.3 Å². The summed E-state index contributed by atoms with van der Waals surface area (Å²) in [4.78, 5) is 16.7. The van der Waals surface area contributed by atoms with Crippen LogP contribution in [-0.4, -0.2) is 71.0 Å². The van der Waals surface area contributed by atoms with Gasteiger partial charge in [0, 0.05) is 25.2 Å². The van der Waals surface area contributed by atoms with Crippen molar-refractivity contribution in [3.63, 3.8) is 0 Å². The van der Waals surface area contributed by atoms with E-state index in [0.29, 0.717) is 46.3 Å². The number of aliphatic hydroxyl groups is 1. The van der Waals surface area contributed by atoms with E-state index in [1.165, 1.54) is 38.5 Å². The van der Waals surface area contributed by atoms with Crippen molar-refractivity contribution >= 4 is 56.9 Å². The summed E-state index contributed by atoms with van der Waals surface area (Å²) in [5.41, 5.74) is 1.89. The smallest absolute Gasteiger partial charge is 0.229 e. The second kappa shape index (κ2) is 15.0. The van der Waals surface area contributed by atoms with Crippen molar-refractivity contribution in [2.24, 2.45) is 10.8 Å². The van der Waals surface area contributed by atoms with Crippen LogP contribution in [0.1, 0.15) is 103 Å². The number of aliphatic hydroxyl groups excluding tert-OH is 1. The van der Waals surface area contributed by atoms with Gasteiger partial charge in [0.25, 0.3) is 0 Å². The van der Waals surface area contributed by atoms with Gasteiger partial charge >= 0.3 is 0 Å². The summed E-state index contributed by atoms with van der Waals surface area (Å²) in [6.07, 6.45) is 17.0. The lowest BCUT2D eigenvalue weighted by atomic mass is 9.71. The quantitative estimate of drug-likeness (QED) is 0.156. The Kier molecular flexibility index (Phi) is 11.0. The summed E-state index contributed by atoms with van der Waals surface area (Å²) in [6, 6.07) is 0. The van der Waals surface area contributed by atoms with E-state index in [-0.39, 0.29) is 28.4 Å². The summed E-state index contributed by atoms with van der Waals surface area (Å²) in [6.45, 7) is 6.92. The zero-order valence-corrected chi connectivity index (χ0v) is 29.3. The predicted octanol–water partition coefficient (Wildman–Crippen LogP) is 7.75. The molecule has 1 N–H and O–H groups in total. The lowest BCUT2D eigenvalue weighted by Gasteiger charge is -2.37. The second-order valence-electron chi connectivity index (χ2n) is 13.7. The standard InChI is InChI=1S/C16H21ClN4O2.C10H10Cl2N4O.C6H12O/c1-16(6-4-7-16)10-23-14-11-9-18-21(12-5-2-3-8-22-12)13(11)19-15(17)20-14;11-8-6-5-13-16(7-3-1-2-4-17-7)9(6)15-10(12)14-8;1-6(5-7)3-2-4-6/h9,12H,2-8,10H2,1H3;5,7H,1-4H2;7H,2-5H2,1H3. The number of halogens is 3. The molecule has 2 atom stereocenters. The fourth-order valence-electron chi connectivity index (χ4n) is 6.21. The number of nitrogens with zero attached hydrogens (tertiary/aromatic N) is 8. The predicted molar refractivity (Wildman–Crippen MR) is 180 cm³/mol. The lowest BCUT2D eigenvalue weighted by Crippen LogP contribution is -2.32. The van der Waals surface area contributed by atoms with E-state index >= 15 is 0 Å². The molecule has 4 aromatic rings. The Morgan fingerprint density at radius 2 is 1.28 bits per heavy atom. The molecule has 6 heterocycles. The largest absolute Gasteiger partial charge is 0.476 e. The van der Waals surface area contributed by atoms with Crippen LogP contribution < -0.4 is 4.74 Å². The third kappa shape index (κ3) is 8.11. The molecule has 0 amide bonds. The molecule has 12 nitrogen and oxygen atoms in total. The van der Waals surface area contributed by atoms with Gasteiger partial charge in [-0.25, -0.2) is 14.3 Å². The first-order valence-corrected chi connectivity index (χ1v) is 17.7. The van der Waals surface area contributed by atoms with Crippen molar-refractivity contribution < 1.29 is 19.3 Å². The number of ether oxygens (including phenoxy) is 3. The molecule has 0 bridgehead atoms. The Morgan fingerprint density at radius 1 is 0.745 bits per heavy atom. The summed E-state index contributed by atoms with van der Waals surface area (Å²) < 4.78 is 21.0. The molecule has 2 unspecified atom stereocenters. The highest BCUT2D eigenvalue weighted by atomic mass is 35.5. The molecule has 4 aliphatic rings. The molecule has 2 saturated carbocycles. The maximum Gasteiger partial charge on any atom is 0.229 e. The summed E-state index contributed by atoms with van der Waals surface area (Å²) in [5.74, 6) is 0.523. The van der Waals surface area contributed by atoms with Crippen LogP contribution in [0, 0.1) is 10.8 Å². The number of rotatable bonds is 6. The molecule has 2 saturated heterocycles. The fourth-order valence-corrected chi connectivity index (χ4v) is 6.79. The number of hydrogen-bond donors (Lipinski definition) is 1. The third-order valence-electron chi connectivity index (χ3n) is 9.69. The molecule has 0 spiro atoms. The molecule has 2 aliphatic carbocycles. The number of hydrogen-bond acceptors (Lipinski definition) is 10. The van der Waals surface area contributed by atoms with E-state index in [1.54, 1.807) is 21.8 Å². The van der Waals surface area contributed by atoms with Gasteiger partial charge in [-0.05, 0) is 92.8 Å². The van der Waals surface area contributed by atoms with Crippen LogP contribution >= 0.6 is 34.8 Å². The van der Waals surface area contributed by atoms with Crippen molar-refractivity contribution in [1.29, 1.82) is 0 Å².